The molecule has 0 N–H and O–H groups in total. The molecular formula is C12H15MnN. The van der Waals surface area contributed by atoms with Crippen LogP contribution in [-0.2, 0) is 15.6 Å². The molecule has 0 saturated carbocycles. The average Bonchev–Trinajstić information content (AvgIpc) is 2.71. The van der Waals surface area contributed by atoms with E-state index in [0.29, 0.717) is 0 Å². The van der Waals surface area contributed by atoms with Crippen LogP contribution in [0.4, 0.5) is 0 Å². The maximum absolute atomic E-state index is 3.68. The topological polar surface area (TPSA) is 3.24 Å². The molecule has 1 aliphatic heterocycles. The van der Waals surface area contributed by atoms with Crippen molar-refractivity contribution in [3.05, 3.63) is 35.4 Å². The Kier molecular flexibility index (Phi) is 3.17. The zero-order valence-corrected chi connectivity index (χ0v) is 9.64. The van der Waals surface area contributed by atoms with Gasteiger partial charge in [0.1, 0.15) is 0 Å². The van der Waals surface area contributed by atoms with Crippen molar-refractivity contribution in [3.63, 3.8) is 0 Å². The van der Waals surface area contributed by atoms with Gasteiger partial charge in [-0.1, -0.05) is 0 Å². The summed E-state index contributed by atoms with van der Waals surface area (Å²) in [4.78, 5) is 2.41. The van der Waals surface area contributed by atoms with Crippen molar-refractivity contribution < 1.29 is 15.6 Å². The molecule has 1 aliphatic rings. The monoisotopic (exact) mass is 228 g/mol. The maximum atomic E-state index is 3.68. The molecule has 2 heteroatoms. The number of likely N-dealkylation sites (tertiary alicyclic amines) is 1. The van der Waals surface area contributed by atoms with Gasteiger partial charge in [-0.25, -0.2) is 0 Å². The molecule has 2 rings (SSSR count). The summed E-state index contributed by atoms with van der Waals surface area (Å²) in [5.41, 5.74) is 2.60. The molecule has 0 bridgehead atoms. The number of hydrogen-bond acceptors (Lipinski definition) is 1. The Morgan fingerprint density at radius 3 is 2.29 bits per heavy atom. The second-order valence-corrected chi connectivity index (χ2v) is 4.41. The number of benzene rings is 1. The van der Waals surface area contributed by atoms with E-state index in [0.717, 1.165) is 0 Å². The molecule has 1 aromatic carbocycles. The van der Waals surface area contributed by atoms with Crippen molar-refractivity contribution in [1.82, 2.24) is 4.90 Å². The first-order chi connectivity index (χ1) is 6.77. The molecule has 0 unspecified atom stereocenters. The van der Waals surface area contributed by atoms with Crippen LogP contribution < -0.4 is 0 Å². The van der Waals surface area contributed by atoms with E-state index in [4.69, 9.17) is 0 Å². The van der Waals surface area contributed by atoms with Gasteiger partial charge in [-0.15, -0.1) is 0 Å². The molecule has 75 valence electrons. The molecule has 1 nitrogen and oxygen atoms in total. The standard InChI is InChI=1S/C12H15N.Mn/c1-11-4-6-12(7-5-11)10-13-8-2-3-9-13;/h4-7H,2-3,8-9H2,1H3;. The van der Waals surface area contributed by atoms with Crippen molar-refractivity contribution in [1.29, 1.82) is 0 Å². The minimum atomic E-state index is 1.19. The van der Waals surface area contributed by atoms with Crippen LogP contribution in [0.5, 0.6) is 0 Å². The third-order valence-corrected chi connectivity index (χ3v) is 3.39. The fourth-order valence-electron chi connectivity index (χ4n) is 1.79. The van der Waals surface area contributed by atoms with Crippen LogP contribution in [0.1, 0.15) is 24.0 Å². The minimum absolute atomic E-state index is 1.19. The normalized spacial score (nSPS) is 17.2. The summed E-state index contributed by atoms with van der Waals surface area (Å²) in [6.07, 6.45) is 2.64. The average molecular weight is 228 g/mol. The first-order valence-corrected chi connectivity index (χ1v) is 5.71. The van der Waals surface area contributed by atoms with E-state index in [1.165, 1.54) is 41.6 Å². The molecule has 1 fully saturated rings. The van der Waals surface area contributed by atoms with Gasteiger partial charge in [0, 0.05) is 0 Å². The Hall–Kier alpha value is -0.431. The Balaban J connectivity index is 2.14. The van der Waals surface area contributed by atoms with Gasteiger partial charge in [-0.3, -0.25) is 0 Å². The molecular weight excluding hydrogens is 213 g/mol. The van der Waals surface area contributed by atoms with Crippen molar-refractivity contribution in [2.45, 2.75) is 19.8 Å². The molecule has 1 aromatic rings. The Morgan fingerprint density at radius 2 is 1.71 bits per heavy atom. The molecule has 0 amide bonds. The van der Waals surface area contributed by atoms with Gasteiger partial charge in [0.05, 0.1) is 0 Å². The number of hydrogen-bond donors (Lipinski definition) is 0. The van der Waals surface area contributed by atoms with E-state index < -0.39 is 0 Å². The zero-order chi connectivity index (χ0) is 9.97. The quantitative estimate of drug-likeness (QED) is 0.701. The summed E-state index contributed by atoms with van der Waals surface area (Å²) < 4.78 is 1.25. The molecule has 14 heavy (non-hydrogen) atoms. The fraction of sp³-hybridized carbons (Fsp3) is 0.417. The predicted molar refractivity (Wildman–Crippen MR) is 56.1 cm³/mol. The number of rotatable bonds is 2. The number of aryl methyl sites for hydroxylation is 1. The Bertz CT molecular complexity index is 323. The molecule has 0 atom stereocenters. The Labute approximate surface area is 93.5 Å². The van der Waals surface area contributed by atoms with Crippen LogP contribution in [0.3, 0.4) is 0 Å². The third kappa shape index (κ3) is 2.14. The summed E-state index contributed by atoms with van der Waals surface area (Å²) in [5.74, 6) is 0. The van der Waals surface area contributed by atoms with E-state index >= 15 is 0 Å². The fourth-order valence-corrected chi connectivity index (χ4v) is 2.25. The molecule has 1 heterocycles. The first-order valence-electron chi connectivity index (χ1n) is 5.12. The number of nitrogens with zero attached hydrogens (tertiary/aromatic N) is 1. The van der Waals surface area contributed by atoms with Gasteiger partial charge in [0.15, 0.2) is 0 Å². The summed E-state index contributed by atoms with van der Waals surface area (Å²) in [7, 11) is 0. The third-order valence-electron chi connectivity index (χ3n) is 2.67. The van der Waals surface area contributed by atoms with Crippen molar-refractivity contribution in [2.24, 2.45) is 0 Å². The van der Waals surface area contributed by atoms with Crippen LogP contribution in [0.2, 0.25) is 0 Å². The molecule has 0 aromatic heterocycles. The zero-order valence-electron chi connectivity index (χ0n) is 8.46. The van der Waals surface area contributed by atoms with Gasteiger partial charge in [0.2, 0.25) is 0 Å². The van der Waals surface area contributed by atoms with Crippen LogP contribution in [0.25, 0.3) is 0 Å². The molecule has 1 saturated heterocycles. The van der Waals surface area contributed by atoms with Crippen molar-refractivity contribution in [3.8, 4) is 0 Å². The second-order valence-electron chi connectivity index (χ2n) is 3.85. The van der Waals surface area contributed by atoms with Gasteiger partial charge in [-0.2, -0.15) is 0 Å². The van der Waals surface area contributed by atoms with E-state index in [2.05, 4.69) is 51.7 Å². The van der Waals surface area contributed by atoms with Crippen molar-refractivity contribution in [2.75, 3.05) is 13.1 Å². The van der Waals surface area contributed by atoms with E-state index in [1.54, 1.807) is 0 Å². The van der Waals surface area contributed by atoms with E-state index in [-0.39, 0.29) is 0 Å². The van der Waals surface area contributed by atoms with Gasteiger partial charge in [-0.05, 0) is 0 Å². The van der Waals surface area contributed by atoms with Crippen LogP contribution in [-0.4, -0.2) is 22.5 Å². The summed E-state index contributed by atoms with van der Waals surface area (Å²) in [5, 5.41) is 0. The van der Waals surface area contributed by atoms with Gasteiger partial charge in [0.25, 0.3) is 0 Å². The van der Waals surface area contributed by atoms with Crippen LogP contribution >= 0.6 is 0 Å². The Morgan fingerprint density at radius 1 is 1.14 bits per heavy atom. The van der Waals surface area contributed by atoms with Crippen molar-refractivity contribution >= 4 is 4.54 Å². The molecule has 0 aliphatic carbocycles. The SMILES string of the molecule is Cc1ccc([C](=[Mn])N2CCCC2)cc1. The second kappa shape index (κ2) is 4.39. The predicted octanol–water partition coefficient (Wildman–Crippen LogP) is 2.12. The van der Waals surface area contributed by atoms with E-state index in [1.807, 2.05) is 0 Å². The first kappa shape index (κ1) is 10.1. The summed E-state index contributed by atoms with van der Waals surface area (Å²) in [6, 6.07) is 8.68. The summed E-state index contributed by atoms with van der Waals surface area (Å²) in [6.45, 7) is 4.50. The molecule has 0 radical (unpaired) electrons. The van der Waals surface area contributed by atoms with E-state index in [9.17, 15) is 0 Å². The van der Waals surface area contributed by atoms with Gasteiger partial charge < -0.3 is 0 Å². The van der Waals surface area contributed by atoms with Crippen LogP contribution in [0, 0.1) is 6.92 Å². The van der Waals surface area contributed by atoms with Gasteiger partial charge >= 0.3 is 93.3 Å². The molecule has 0 spiro atoms. The van der Waals surface area contributed by atoms with Crippen LogP contribution in [0.15, 0.2) is 24.3 Å². The summed E-state index contributed by atoms with van der Waals surface area (Å²) >= 11 is 3.68.